The molecule has 1 saturated carbocycles. The van der Waals surface area contributed by atoms with Gasteiger partial charge in [-0.05, 0) is 38.6 Å². The minimum Gasteiger partial charge on any atom is -0.327 e. The monoisotopic (exact) mass is 225 g/mol. The van der Waals surface area contributed by atoms with Gasteiger partial charge in [-0.2, -0.15) is 0 Å². The molecule has 84 valence electrons. The molecule has 1 unspecified atom stereocenters. The highest BCUT2D eigenvalue weighted by Gasteiger charge is 2.27. The van der Waals surface area contributed by atoms with Crippen molar-refractivity contribution >= 4 is 11.3 Å². The Labute approximate surface area is 95.1 Å². The van der Waals surface area contributed by atoms with Crippen LogP contribution in [0.2, 0.25) is 0 Å². The number of thiazole rings is 1. The van der Waals surface area contributed by atoms with Gasteiger partial charge in [0.25, 0.3) is 0 Å². The Morgan fingerprint density at radius 2 is 2.47 bits per heavy atom. The summed E-state index contributed by atoms with van der Waals surface area (Å²) in [4.78, 5) is 4.40. The summed E-state index contributed by atoms with van der Waals surface area (Å²) in [5.41, 5.74) is 7.16. The lowest BCUT2D eigenvalue weighted by molar-refractivity contribution is 0.516. The molecule has 15 heavy (non-hydrogen) atoms. The standard InChI is InChI=1S/C11H19N3S/c1-8-14-10(7-15-8)6-13-5-4-11(12)9-2-3-9/h7,9,11,13H,2-6,12H2,1H3. The summed E-state index contributed by atoms with van der Waals surface area (Å²) in [6.07, 6.45) is 3.77. The Morgan fingerprint density at radius 1 is 1.67 bits per heavy atom. The van der Waals surface area contributed by atoms with Crippen LogP contribution in [0, 0.1) is 12.8 Å². The lowest BCUT2D eigenvalue weighted by Crippen LogP contribution is -2.28. The number of nitrogens with two attached hydrogens (primary N) is 1. The second-order valence-corrected chi connectivity index (χ2v) is 5.39. The summed E-state index contributed by atoms with van der Waals surface area (Å²) >= 11 is 1.71. The average molecular weight is 225 g/mol. The number of aromatic nitrogens is 1. The highest BCUT2D eigenvalue weighted by Crippen LogP contribution is 2.32. The second-order valence-electron chi connectivity index (χ2n) is 4.32. The zero-order chi connectivity index (χ0) is 10.7. The SMILES string of the molecule is Cc1nc(CNCCC(N)C2CC2)cs1. The molecule has 0 saturated heterocycles. The Kier molecular flexibility index (Phi) is 3.72. The van der Waals surface area contributed by atoms with Gasteiger partial charge < -0.3 is 11.1 Å². The first kappa shape index (κ1) is 11.0. The predicted octanol–water partition coefficient (Wildman–Crippen LogP) is 1.67. The van der Waals surface area contributed by atoms with E-state index in [1.54, 1.807) is 11.3 Å². The van der Waals surface area contributed by atoms with Gasteiger partial charge in [0.1, 0.15) is 0 Å². The molecular weight excluding hydrogens is 206 g/mol. The van der Waals surface area contributed by atoms with E-state index in [1.807, 2.05) is 6.92 Å². The third kappa shape index (κ3) is 3.55. The molecular formula is C11H19N3S. The summed E-state index contributed by atoms with van der Waals surface area (Å²) in [5.74, 6) is 0.813. The fourth-order valence-corrected chi connectivity index (χ4v) is 2.35. The fourth-order valence-electron chi connectivity index (χ4n) is 1.73. The third-order valence-electron chi connectivity index (χ3n) is 2.85. The zero-order valence-corrected chi connectivity index (χ0v) is 10.0. The van der Waals surface area contributed by atoms with Crippen LogP contribution in [0.5, 0.6) is 0 Å². The van der Waals surface area contributed by atoms with Crippen LogP contribution in [0.15, 0.2) is 5.38 Å². The van der Waals surface area contributed by atoms with Crippen molar-refractivity contribution in [3.05, 3.63) is 16.1 Å². The van der Waals surface area contributed by atoms with E-state index in [1.165, 1.54) is 12.8 Å². The van der Waals surface area contributed by atoms with E-state index < -0.39 is 0 Å². The molecule has 0 aliphatic heterocycles. The van der Waals surface area contributed by atoms with Crippen molar-refractivity contribution in [2.45, 2.75) is 38.8 Å². The molecule has 3 nitrogen and oxygen atoms in total. The third-order valence-corrected chi connectivity index (χ3v) is 3.68. The van der Waals surface area contributed by atoms with Gasteiger partial charge in [0.05, 0.1) is 10.7 Å². The maximum Gasteiger partial charge on any atom is 0.0897 e. The molecule has 4 heteroatoms. The second kappa shape index (κ2) is 5.05. The summed E-state index contributed by atoms with van der Waals surface area (Å²) in [7, 11) is 0. The molecule has 0 radical (unpaired) electrons. The van der Waals surface area contributed by atoms with Crippen LogP contribution in [-0.2, 0) is 6.54 Å². The largest absolute Gasteiger partial charge is 0.327 e. The Morgan fingerprint density at radius 3 is 3.07 bits per heavy atom. The number of rotatable bonds is 6. The van der Waals surface area contributed by atoms with Crippen molar-refractivity contribution in [3.63, 3.8) is 0 Å². The van der Waals surface area contributed by atoms with Gasteiger partial charge in [0.15, 0.2) is 0 Å². The molecule has 0 amide bonds. The number of nitrogens with zero attached hydrogens (tertiary/aromatic N) is 1. The first-order valence-corrected chi connectivity index (χ1v) is 6.51. The van der Waals surface area contributed by atoms with E-state index in [0.29, 0.717) is 6.04 Å². The molecule has 0 bridgehead atoms. The highest BCUT2D eigenvalue weighted by molar-refractivity contribution is 7.09. The quantitative estimate of drug-likeness (QED) is 0.724. The first-order valence-electron chi connectivity index (χ1n) is 5.63. The minimum atomic E-state index is 0.412. The van der Waals surface area contributed by atoms with Gasteiger partial charge >= 0.3 is 0 Å². The first-order chi connectivity index (χ1) is 7.25. The van der Waals surface area contributed by atoms with Gasteiger partial charge in [-0.3, -0.25) is 0 Å². The molecule has 1 atom stereocenters. The summed E-state index contributed by atoms with van der Waals surface area (Å²) in [6, 6.07) is 0.412. The molecule has 1 aliphatic carbocycles. The fraction of sp³-hybridized carbons (Fsp3) is 0.727. The van der Waals surface area contributed by atoms with E-state index in [2.05, 4.69) is 15.7 Å². The maximum absolute atomic E-state index is 6.01. The van der Waals surface area contributed by atoms with Crippen molar-refractivity contribution in [2.75, 3.05) is 6.54 Å². The minimum absolute atomic E-state index is 0.412. The molecule has 3 N–H and O–H groups in total. The molecule has 1 fully saturated rings. The summed E-state index contributed by atoms with van der Waals surface area (Å²) in [6.45, 7) is 3.92. The van der Waals surface area contributed by atoms with E-state index in [9.17, 15) is 0 Å². The van der Waals surface area contributed by atoms with E-state index in [4.69, 9.17) is 5.73 Å². The van der Waals surface area contributed by atoms with Crippen LogP contribution >= 0.6 is 11.3 Å². The van der Waals surface area contributed by atoms with E-state index >= 15 is 0 Å². The average Bonchev–Trinajstić information content (AvgIpc) is 2.98. The van der Waals surface area contributed by atoms with E-state index in [0.717, 1.165) is 36.1 Å². The van der Waals surface area contributed by atoms with Crippen LogP contribution < -0.4 is 11.1 Å². The van der Waals surface area contributed by atoms with Crippen LogP contribution in [0.4, 0.5) is 0 Å². The number of aryl methyl sites for hydroxylation is 1. The lowest BCUT2D eigenvalue weighted by Gasteiger charge is -2.09. The Balaban J connectivity index is 1.58. The Bertz CT molecular complexity index is 307. The van der Waals surface area contributed by atoms with Crippen molar-refractivity contribution < 1.29 is 0 Å². The number of hydrogen-bond donors (Lipinski definition) is 2. The topological polar surface area (TPSA) is 50.9 Å². The zero-order valence-electron chi connectivity index (χ0n) is 9.20. The maximum atomic E-state index is 6.01. The summed E-state index contributed by atoms with van der Waals surface area (Å²) < 4.78 is 0. The summed E-state index contributed by atoms with van der Waals surface area (Å²) in [5, 5.41) is 6.65. The van der Waals surface area contributed by atoms with Gasteiger partial charge in [0, 0.05) is 18.0 Å². The van der Waals surface area contributed by atoms with Crippen molar-refractivity contribution in [3.8, 4) is 0 Å². The predicted molar refractivity (Wildman–Crippen MR) is 63.9 cm³/mol. The smallest absolute Gasteiger partial charge is 0.0897 e. The molecule has 0 aromatic carbocycles. The van der Waals surface area contributed by atoms with Crippen LogP contribution in [0.3, 0.4) is 0 Å². The van der Waals surface area contributed by atoms with Crippen LogP contribution in [-0.4, -0.2) is 17.6 Å². The normalized spacial score (nSPS) is 18.0. The van der Waals surface area contributed by atoms with Crippen LogP contribution in [0.1, 0.15) is 30.0 Å². The van der Waals surface area contributed by atoms with Gasteiger partial charge in [-0.25, -0.2) is 4.98 Å². The van der Waals surface area contributed by atoms with Crippen LogP contribution in [0.25, 0.3) is 0 Å². The van der Waals surface area contributed by atoms with Gasteiger partial charge in [0.2, 0.25) is 0 Å². The number of hydrogen-bond acceptors (Lipinski definition) is 4. The van der Waals surface area contributed by atoms with Crippen molar-refractivity contribution in [1.82, 2.24) is 10.3 Å². The Hall–Kier alpha value is -0.450. The lowest BCUT2D eigenvalue weighted by atomic mass is 10.1. The van der Waals surface area contributed by atoms with Crippen molar-refractivity contribution in [2.24, 2.45) is 11.7 Å². The molecule has 1 aromatic rings. The molecule has 0 spiro atoms. The molecule has 1 aromatic heterocycles. The molecule has 2 rings (SSSR count). The van der Waals surface area contributed by atoms with Gasteiger partial charge in [-0.15, -0.1) is 11.3 Å². The van der Waals surface area contributed by atoms with E-state index in [-0.39, 0.29) is 0 Å². The molecule has 1 aliphatic rings. The highest BCUT2D eigenvalue weighted by atomic mass is 32.1. The van der Waals surface area contributed by atoms with Crippen molar-refractivity contribution in [1.29, 1.82) is 0 Å². The number of nitrogens with one attached hydrogen (secondary N) is 1. The van der Waals surface area contributed by atoms with Gasteiger partial charge in [-0.1, -0.05) is 0 Å². The molecule has 1 heterocycles.